The van der Waals surface area contributed by atoms with Gasteiger partial charge < -0.3 is 4.98 Å². The number of benzene rings is 2. The highest BCUT2D eigenvalue weighted by atomic mass is 32.2. The lowest BCUT2D eigenvalue weighted by molar-refractivity contribution is 0.0364. The Morgan fingerprint density at radius 1 is 1.22 bits per heavy atom. The van der Waals surface area contributed by atoms with Gasteiger partial charge in [-0.3, -0.25) is 9.63 Å². The van der Waals surface area contributed by atoms with Gasteiger partial charge in [0.15, 0.2) is 5.16 Å². The van der Waals surface area contributed by atoms with Crippen LogP contribution in [0.3, 0.4) is 0 Å². The number of nitrogens with zero attached hydrogens (tertiary/aromatic N) is 1. The number of carbonyl (C=O) groups excluding carboxylic acids is 1. The number of aromatic amines is 1. The highest BCUT2D eigenvalue weighted by Crippen LogP contribution is 2.23. The van der Waals surface area contributed by atoms with Crippen LogP contribution in [0.4, 0.5) is 0 Å². The number of carbonyl (C=O) groups is 1. The summed E-state index contributed by atoms with van der Waals surface area (Å²) in [5.41, 5.74) is 6.10. The van der Waals surface area contributed by atoms with Crippen molar-refractivity contribution in [3.63, 3.8) is 0 Å². The summed E-state index contributed by atoms with van der Waals surface area (Å²) < 4.78 is 0. The highest BCUT2D eigenvalue weighted by molar-refractivity contribution is 7.98. The van der Waals surface area contributed by atoms with E-state index in [-0.39, 0.29) is 5.91 Å². The van der Waals surface area contributed by atoms with E-state index in [1.165, 1.54) is 0 Å². The Morgan fingerprint density at radius 2 is 2.00 bits per heavy atom. The zero-order valence-electron chi connectivity index (χ0n) is 12.7. The van der Waals surface area contributed by atoms with Crippen LogP contribution in [0.15, 0.2) is 53.7 Å². The third-order valence-corrected chi connectivity index (χ3v) is 4.21. The molecule has 1 heterocycles. The number of hydroxylamine groups is 1. The lowest BCUT2D eigenvalue weighted by atomic mass is 10.1. The summed E-state index contributed by atoms with van der Waals surface area (Å²) in [7, 11) is 0. The number of rotatable bonds is 6. The lowest BCUT2D eigenvalue weighted by Gasteiger charge is -2.04. The van der Waals surface area contributed by atoms with Crippen LogP contribution in [-0.4, -0.2) is 22.5 Å². The molecule has 0 bridgehead atoms. The molecule has 0 aliphatic rings. The van der Waals surface area contributed by atoms with Crippen molar-refractivity contribution in [2.75, 3.05) is 6.61 Å². The normalized spacial score (nSPS) is 10.8. The van der Waals surface area contributed by atoms with Gasteiger partial charge in [0.25, 0.3) is 5.91 Å². The summed E-state index contributed by atoms with van der Waals surface area (Å²) in [5.74, 6) is 0.552. The van der Waals surface area contributed by atoms with Crippen molar-refractivity contribution in [3.8, 4) is 0 Å². The fraction of sp³-hybridized carbons (Fsp3) is 0.176. The Kier molecular flexibility index (Phi) is 4.95. The standard InChI is InChI=1S/C17H17N3O2S/c1-2-22-20-16(21)13-9-7-12(8-10-13)11-23-17-18-14-5-3-4-6-15(14)19-17/h3-10H,2,11H2,1H3,(H,18,19)(H,20,21). The van der Waals surface area contributed by atoms with E-state index in [1.54, 1.807) is 23.9 Å². The first-order chi connectivity index (χ1) is 11.3. The number of fused-ring (bicyclic) bond motifs is 1. The molecule has 2 N–H and O–H groups in total. The van der Waals surface area contributed by atoms with Crippen LogP contribution in [0.2, 0.25) is 0 Å². The van der Waals surface area contributed by atoms with E-state index in [1.807, 2.05) is 43.3 Å². The van der Waals surface area contributed by atoms with Crippen LogP contribution in [0.25, 0.3) is 11.0 Å². The van der Waals surface area contributed by atoms with Gasteiger partial charge in [-0.2, -0.15) is 0 Å². The molecule has 118 valence electrons. The molecule has 0 spiro atoms. The molecule has 23 heavy (non-hydrogen) atoms. The molecular weight excluding hydrogens is 310 g/mol. The number of hydrogen-bond donors (Lipinski definition) is 2. The molecule has 2 aromatic carbocycles. The molecule has 0 aliphatic heterocycles. The Bertz CT molecular complexity index is 766. The van der Waals surface area contributed by atoms with Crippen molar-refractivity contribution in [2.24, 2.45) is 0 Å². The van der Waals surface area contributed by atoms with Crippen molar-refractivity contribution in [1.82, 2.24) is 15.4 Å². The number of para-hydroxylation sites is 2. The first-order valence-electron chi connectivity index (χ1n) is 7.35. The average Bonchev–Trinajstić information content (AvgIpc) is 3.01. The minimum Gasteiger partial charge on any atom is -0.333 e. The van der Waals surface area contributed by atoms with Crippen molar-refractivity contribution < 1.29 is 9.63 Å². The maximum absolute atomic E-state index is 11.7. The van der Waals surface area contributed by atoms with Gasteiger partial charge in [0.1, 0.15) is 0 Å². The zero-order valence-corrected chi connectivity index (χ0v) is 13.5. The third-order valence-electron chi connectivity index (χ3n) is 3.27. The molecular formula is C17H17N3O2S. The molecule has 0 radical (unpaired) electrons. The molecule has 1 amide bonds. The van der Waals surface area contributed by atoms with Gasteiger partial charge in [-0.05, 0) is 36.8 Å². The molecule has 0 aliphatic carbocycles. The summed E-state index contributed by atoms with van der Waals surface area (Å²) in [6.45, 7) is 2.26. The monoisotopic (exact) mass is 327 g/mol. The SMILES string of the molecule is CCONC(=O)c1ccc(CSc2nc3ccccc3[nH]2)cc1. The van der Waals surface area contributed by atoms with Gasteiger partial charge in [0.05, 0.1) is 17.6 Å². The van der Waals surface area contributed by atoms with Gasteiger partial charge in [-0.25, -0.2) is 10.5 Å². The van der Waals surface area contributed by atoms with Gasteiger partial charge in [0.2, 0.25) is 0 Å². The maximum Gasteiger partial charge on any atom is 0.274 e. The third kappa shape index (κ3) is 3.91. The summed E-state index contributed by atoms with van der Waals surface area (Å²) in [6, 6.07) is 15.4. The number of nitrogens with one attached hydrogen (secondary N) is 2. The molecule has 0 fully saturated rings. The molecule has 0 unspecified atom stereocenters. The van der Waals surface area contributed by atoms with E-state index < -0.39 is 0 Å². The Labute approximate surface area is 138 Å². The summed E-state index contributed by atoms with van der Waals surface area (Å²) in [6.07, 6.45) is 0. The van der Waals surface area contributed by atoms with Crippen LogP contribution < -0.4 is 5.48 Å². The first kappa shape index (κ1) is 15.6. The smallest absolute Gasteiger partial charge is 0.274 e. The second-order valence-corrected chi connectivity index (χ2v) is 5.87. The summed E-state index contributed by atoms with van der Waals surface area (Å²) in [4.78, 5) is 24.5. The molecule has 5 nitrogen and oxygen atoms in total. The predicted molar refractivity (Wildman–Crippen MR) is 91.2 cm³/mol. The quantitative estimate of drug-likeness (QED) is 0.537. The van der Waals surface area contributed by atoms with Crippen LogP contribution in [-0.2, 0) is 10.6 Å². The van der Waals surface area contributed by atoms with Crippen LogP contribution in [0.1, 0.15) is 22.8 Å². The summed E-state index contributed by atoms with van der Waals surface area (Å²) in [5, 5.41) is 0.893. The fourth-order valence-corrected chi connectivity index (χ4v) is 2.94. The topological polar surface area (TPSA) is 67.0 Å². The molecule has 1 aromatic heterocycles. The minimum atomic E-state index is -0.233. The van der Waals surface area contributed by atoms with Crippen molar-refractivity contribution in [3.05, 3.63) is 59.7 Å². The maximum atomic E-state index is 11.7. The van der Waals surface area contributed by atoms with E-state index in [2.05, 4.69) is 15.4 Å². The Balaban J connectivity index is 1.61. The predicted octanol–water partition coefficient (Wildman–Crippen LogP) is 3.54. The summed E-state index contributed by atoms with van der Waals surface area (Å²) >= 11 is 1.64. The second kappa shape index (κ2) is 7.30. The van der Waals surface area contributed by atoms with Crippen molar-refractivity contribution in [1.29, 1.82) is 0 Å². The number of thioether (sulfide) groups is 1. The molecule has 6 heteroatoms. The fourth-order valence-electron chi connectivity index (χ4n) is 2.10. The van der Waals surface area contributed by atoms with E-state index >= 15 is 0 Å². The number of H-pyrrole nitrogens is 1. The highest BCUT2D eigenvalue weighted by Gasteiger charge is 2.06. The van der Waals surface area contributed by atoms with Gasteiger partial charge in [-0.15, -0.1) is 0 Å². The van der Waals surface area contributed by atoms with Crippen molar-refractivity contribution >= 4 is 28.7 Å². The van der Waals surface area contributed by atoms with Crippen LogP contribution in [0.5, 0.6) is 0 Å². The van der Waals surface area contributed by atoms with E-state index in [4.69, 9.17) is 4.84 Å². The van der Waals surface area contributed by atoms with Crippen molar-refractivity contribution in [2.45, 2.75) is 17.8 Å². The zero-order chi connectivity index (χ0) is 16.1. The Hall–Kier alpha value is -2.31. The van der Waals surface area contributed by atoms with Crippen LogP contribution in [0, 0.1) is 0 Å². The van der Waals surface area contributed by atoms with Gasteiger partial charge in [-0.1, -0.05) is 36.0 Å². The Morgan fingerprint density at radius 3 is 2.74 bits per heavy atom. The number of hydrogen-bond acceptors (Lipinski definition) is 4. The average molecular weight is 327 g/mol. The number of imidazole rings is 1. The number of amides is 1. The molecule has 0 atom stereocenters. The second-order valence-electron chi connectivity index (χ2n) is 4.91. The van der Waals surface area contributed by atoms with Crippen LogP contribution >= 0.6 is 11.8 Å². The first-order valence-corrected chi connectivity index (χ1v) is 8.33. The van der Waals surface area contributed by atoms with E-state index in [0.29, 0.717) is 12.2 Å². The minimum absolute atomic E-state index is 0.233. The molecule has 3 rings (SSSR count). The van der Waals surface area contributed by atoms with Gasteiger partial charge >= 0.3 is 0 Å². The van der Waals surface area contributed by atoms with Gasteiger partial charge in [0, 0.05) is 11.3 Å². The largest absolute Gasteiger partial charge is 0.333 e. The van der Waals surface area contributed by atoms with E-state index in [0.717, 1.165) is 27.5 Å². The van der Waals surface area contributed by atoms with E-state index in [9.17, 15) is 4.79 Å². The molecule has 3 aromatic rings. The molecule has 0 saturated heterocycles. The lowest BCUT2D eigenvalue weighted by Crippen LogP contribution is -2.23. The number of aromatic nitrogens is 2. The molecule has 0 saturated carbocycles.